The van der Waals surface area contributed by atoms with Crippen molar-refractivity contribution in [1.29, 1.82) is 5.26 Å². The Kier molecular flexibility index (Phi) is 15.2. The molecule has 0 radical (unpaired) electrons. The van der Waals surface area contributed by atoms with Crippen molar-refractivity contribution in [3.05, 3.63) is 58.3 Å². The van der Waals surface area contributed by atoms with Gasteiger partial charge >= 0.3 is 35.8 Å². The van der Waals surface area contributed by atoms with Crippen LogP contribution in [0.3, 0.4) is 0 Å². The lowest BCUT2D eigenvalue weighted by Crippen LogP contribution is -2.22. The zero-order valence-electron chi connectivity index (χ0n) is 25.7. The van der Waals surface area contributed by atoms with Crippen molar-refractivity contribution in [2.24, 2.45) is 0 Å². The zero-order chi connectivity index (χ0) is 35.1. The lowest BCUT2D eigenvalue weighted by Gasteiger charge is -2.15. The van der Waals surface area contributed by atoms with E-state index in [0.29, 0.717) is 15.4 Å². The molecule has 1 heterocycles. The summed E-state index contributed by atoms with van der Waals surface area (Å²) in [7, 11) is 0. The first kappa shape index (κ1) is 38.1. The molecule has 14 nitrogen and oxygen atoms in total. The SMILES string of the molecule is [C-]#[N+]/C(C#N)=C1\Sc2c(OC(=O)CCC(=O)OC(C)COC(=O)C=C)cc(C)c(OC(=O)CCC(=O)OC(C)COC(=O)C=C)c2S1. The molecule has 0 aromatic heterocycles. The number of thioether (sulfide) groups is 2. The van der Waals surface area contributed by atoms with Crippen LogP contribution >= 0.6 is 23.5 Å². The van der Waals surface area contributed by atoms with Crippen molar-refractivity contribution in [3.8, 4) is 17.6 Å². The molecule has 0 aliphatic carbocycles. The van der Waals surface area contributed by atoms with Gasteiger partial charge in [-0.3, -0.25) is 19.2 Å². The zero-order valence-corrected chi connectivity index (χ0v) is 27.3. The molecule has 0 bridgehead atoms. The van der Waals surface area contributed by atoms with Crippen molar-refractivity contribution in [3.63, 3.8) is 0 Å². The normalized spacial score (nSPS) is 13.6. The van der Waals surface area contributed by atoms with Crippen molar-refractivity contribution >= 4 is 59.3 Å². The van der Waals surface area contributed by atoms with Gasteiger partial charge in [-0.2, -0.15) is 0 Å². The number of nitriles is 1. The van der Waals surface area contributed by atoms with Gasteiger partial charge in [0.15, 0.2) is 0 Å². The molecule has 0 spiro atoms. The van der Waals surface area contributed by atoms with E-state index >= 15 is 0 Å². The van der Waals surface area contributed by atoms with Crippen LogP contribution in [0.5, 0.6) is 11.5 Å². The number of esters is 6. The second-order valence-corrected chi connectivity index (χ2v) is 11.8. The number of allylic oxidation sites excluding steroid dienone is 1. The summed E-state index contributed by atoms with van der Waals surface area (Å²) in [6.45, 7) is 18.0. The molecule has 0 fully saturated rings. The Morgan fingerprint density at radius 3 is 1.79 bits per heavy atom. The highest BCUT2D eigenvalue weighted by atomic mass is 32.2. The first-order valence-electron chi connectivity index (χ1n) is 13.8. The number of fused-ring (bicyclic) bond motifs is 1. The Hall–Kier alpha value is -5.06. The van der Waals surface area contributed by atoms with Gasteiger partial charge in [-0.25, -0.2) is 19.7 Å². The van der Waals surface area contributed by atoms with Crippen LogP contribution in [0.1, 0.15) is 45.1 Å². The molecule has 0 amide bonds. The molecule has 1 aromatic rings. The number of benzene rings is 1. The van der Waals surface area contributed by atoms with Crippen LogP contribution in [0, 0.1) is 24.8 Å². The number of ether oxygens (including phenoxy) is 6. The first-order valence-corrected chi connectivity index (χ1v) is 15.4. The molecular weight excluding hydrogens is 656 g/mol. The van der Waals surface area contributed by atoms with Gasteiger partial charge in [0.25, 0.3) is 5.70 Å². The minimum absolute atomic E-state index is 0.0462. The number of aryl methyl sites for hydroxylation is 1. The van der Waals surface area contributed by atoms with Crippen LogP contribution in [0.25, 0.3) is 4.85 Å². The summed E-state index contributed by atoms with van der Waals surface area (Å²) < 4.78 is 31.2. The summed E-state index contributed by atoms with van der Waals surface area (Å²) in [6, 6.07) is 3.22. The van der Waals surface area contributed by atoms with E-state index in [0.717, 1.165) is 35.7 Å². The molecule has 248 valence electrons. The van der Waals surface area contributed by atoms with Gasteiger partial charge in [-0.15, -0.1) is 0 Å². The van der Waals surface area contributed by atoms with Crippen molar-refractivity contribution < 1.29 is 57.2 Å². The number of carbonyl (C=O) groups excluding carboxylic acids is 6. The maximum Gasteiger partial charge on any atom is 0.330 e. The van der Waals surface area contributed by atoms with Gasteiger partial charge in [0, 0.05) is 12.2 Å². The molecule has 1 aliphatic rings. The number of nitrogens with zero attached hydrogens (tertiary/aromatic N) is 2. The number of hydrogen-bond donors (Lipinski definition) is 0. The molecule has 2 unspecified atom stereocenters. The predicted octanol–water partition coefficient (Wildman–Crippen LogP) is 4.50. The van der Waals surface area contributed by atoms with Gasteiger partial charge in [0.05, 0.1) is 52.4 Å². The molecule has 0 saturated carbocycles. The molecule has 2 atom stereocenters. The molecule has 1 aromatic carbocycles. The quantitative estimate of drug-likeness (QED) is 0.0590. The largest absolute Gasteiger partial charge is 0.459 e. The maximum atomic E-state index is 12.7. The fourth-order valence-electron chi connectivity index (χ4n) is 3.43. The van der Waals surface area contributed by atoms with E-state index in [4.69, 9.17) is 35.0 Å². The van der Waals surface area contributed by atoms with Crippen LogP contribution in [-0.4, -0.2) is 61.2 Å². The Labute approximate surface area is 278 Å². The summed E-state index contributed by atoms with van der Waals surface area (Å²) in [6.07, 6.45) is -0.979. The van der Waals surface area contributed by atoms with E-state index in [2.05, 4.69) is 18.0 Å². The van der Waals surface area contributed by atoms with Crippen molar-refractivity contribution in [2.45, 2.75) is 68.5 Å². The average Bonchev–Trinajstić information content (AvgIpc) is 3.48. The van der Waals surface area contributed by atoms with Crippen LogP contribution in [-0.2, 0) is 47.7 Å². The van der Waals surface area contributed by atoms with Gasteiger partial charge in [0.2, 0.25) is 0 Å². The highest BCUT2D eigenvalue weighted by Gasteiger charge is 2.32. The summed E-state index contributed by atoms with van der Waals surface area (Å²) in [5.41, 5.74) is 0.132. The number of carbonyl (C=O) groups is 6. The third-order valence-electron chi connectivity index (χ3n) is 5.57. The number of rotatable bonds is 16. The van der Waals surface area contributed by atoms with Crippen molar-refractivity contribution in [1.82, 2.24) is 0 Å². The third-order valence-corrected chi connectivity index (χ3v) is 8.16. The molecular formula is C31H30N2O12S2. The Morgan fingerprint density at radius 1 is 0.851 bits per heavy atom. The van der Waals surface area contributed by atoms with E-state index in [1.54, 1.807) is 13.0 Å². The summed E-state index contributed by atoms with van der Waals surface area (Å²) in [5.74, 6) is -4.27. The van der Waals surface area contributed by atoms with Crippen LogP contribution in [0.15, 0.2) is 51.1 Å². The molecule has 0 N–H and O–H groups in total. The van der Waals surface area contributed by atoms with E-state index in [1.807, 2.05) is 0 Å². The average molecular weight is 687 g/mol. The summed E-state index contributed by atoms with van der Waals surface area (Å²) in [4.78, 5) is 75.8. The van der Waals surface area contributed by atoms with Gasteiger partial charge in [-0.05, 0) is 32.4 Å². The maximum absolute atomic E-state index is 12.7. The van der Waals surface area contributed by atoms with E-state index in [-0.39, 0.29) is 60.3 Å². The van der Waals surface area contributed by atoms with Crippen LogP contribution < -0.4 is 9.47 Å². The van der Waals surface area contributed by atoms with E-state index < -0.39 is 48.0 Å². The lowest BCUT2D eigenvalue weighted by molar-refractivity contribution is -0.156. The molecule has 0 saturated heterocycles. The first-order chi connectivity index (χ1) is 22.3. The Bertz CT molecular complexity index is 1550. The number of hydrogen-bond acceptors (Lipinski definition) is 15. The topological polar surface area (TPSA) is 186 Å². The fraction of sp³-hybridized carbons (Fsp3) is 0.355. The highest BCUT2D eigenvalue weighted by Crippen LogP contribution is 2.60. The predicted molar refractivity (Wildman–Crippen MR) is 165 cm³/mol. The monoisotopic (exact) mass is 686 g/mol. The molecule has 2 rings (SSSR count). The fourth-order valence-corrected chi connectivity index (χ4v) is 5.97. The summed E-state index contributed by atoms with van der Waals surface area (Å²) in [5, 5.41) is 9.40. The van der Waals surface area contributed by atoms with Crippen molar-refractivity contribution in [2.75, 3.05) is 13.2 Å². The molecule has 16 heteroatoms. The Morgan fingerprint density at radius 2 is 1.32 bits per heavy atom. The standard InChI is InChI=1S/C31H30N2O12S2/c1-7-22(34)40-15-18(4)42-24(36)9-11-26(38)44-21-13-17(3)28(30-29(21)46-31(47-30)20(14-32)33-6)45-27(39)12-10-25(37)43-19(5)16-41-23(35)8-2/h7-8,13,18-19H,1-2,9-12,15-16H2,3-5H3/b31-20+. The smallest absolute Gasteiger partial charge is 0.330 e. The second-order valence-electron chi connectivity index (χ2n) is 9.46. The van der Waals surface area contributed by atoms with Gasteiger partial charge in [-0.1, -0.05) is 36.7 Å². The minimum atomic E-state index is -0.792. The summed E-state index contributed by atoms with van der Waals surface area (Å²) >= 11 is 1.94. The second kappa shape index (κ2) is 18.8. The lowest BCUT2D eigenvalue weighted by atomic mass is 10.2. The highest BCUT2D eigenvalue weighted by molar-refractivity contribution is 8.24. The van der Waals surface area contributed by atoms with Gasteiger partial charge < -0.3 is 28.4 Å². The minimum Gasteiger partial charge on any atom is -0.459 e. The van der Waals surface area contributed by atoms with Gasteiger partial charge in [0.1, 0.15) is 36.9 Å². The molecule has 1 aliphatic heterocycles. The van der Waals surface area contributed by atoms with Crippen LogP contribution in [0.2, 0.25) is 0 Å². The van der Waals surface area contributed by atoms with E-state index in [1.165, 1.54) is 19.9 Å². The van der Waals surface area contributed by atoms with Crippen LogP contribution in [0.4, 0.5) is 0 Å². The molecule has 47 heavy (non-hydrogen) atoms. The van der Waals surface area contributed by atoms with E-state index in [9.17, 15) is 34.0 Å². The third kappa shape index (κ3) is 12.3. The Balaban J connectivity index is 2.11.